The molecule has 0 aromatic heterocycles. The number of thiol groups is 1. The van der Waals surface area contributed by atoms with Gasteiger partial charge < -0.3 is 20.4 Å². The molecule has 0 atom stereocenters. The Morgan fingerprint density at radius 2 is 1.50 bits per heavy atom. The van der Waals surface area contributed by atoms with Gasteiger partial charge in [0, 0.05) is 12.3 Å². The summed E-state index contributed by atoms with van der Waals surface area (Å²) in [6.07, 6.45) is 0. The Balaban J connectivity index is -0.0000000910. The SMILES string of the molecule is NCCS.O=P(O)(O)O.[Na+]. The summed E-state index contributed by atoms with van der Waals surface area (Å²) in [4.78, 5) is 21.6. The van der Waals surface area contributed by atoms with Gasteiger partial charge in [-0.15, -0.1) is 0 Å². The maximum atomic E-state index is 8.88. The quantitative estimate of drug-likeness (QED) is 0.168. The van der Waals surface area contributed by atoms with E-state index in [1.54, 1.807) is 0 Å². The zero-order valence-electron chi connectivity index (χ0n) is 5.64. The molecule has 0 rings (SSSR count). The zero-order valence-corrected chi connectivity index (χ0v) is 9.42. The number of hydrogen-bond acceptors (Lipinski definition) is 3. The van der Waals surface area contributed by atoms with Crippen LogP contribution in [0.15, 0.2) is 0 Å². The maximum Gasteiger partial charge on any atom is 1.00 e. The first-order valence-electron chi connectivity index (χ1n) is 2.01. The Morgan fingerprint density at radius 3 is 1.50 bits per heavy atom. The molecule has 0 amide bonds. The van der Waals surface area contributed by atoms with Crippen molar-refractivity contribution in [2.75, 3.05) is 12.3 Å². The first kappa shape index (κ1) is 17.5. The first-order valence-corrected chi connectivity index (χ1v) is 4.20. The van der Waals surface area contributed by atoms with E-state index in [9.17, 15) is 0 Å². The fourth-order valence-electron chi connectivity index (χ4n) is 0. The molecule has 0 aliphatic carbocycles. The monoisotopic (exact) mass is 198 g/mol. The van der Waals surface area contributed by atoms with Crippen LogP contribution in [-0.2, 0) is 4.57 Å². The second-order valence-electron chi connectivity index (χ2n) is 1.03. The van der Waals surface area contributed by atoms with E-state index < -0.39 is 7.82 Å². The summed E-state index contributed by atoms with van der Waals surface area (Å²) in [5, 5.41) is 0. The molecule has 0 saturated carbocycles. The van der Waals surface area contributed by atoms with Crippen LogP contribution in [0.1, 0.15) is 0 Å². The van der Waals surface area contributed by atoms with E-state index in [0.29, 0.717) is 6.54 Å². The molecule has 0 aliphatic rings. The number of phosphoric acid groups is 1. The van der Waals surface area contributed by atoms with Gasteiger partial charge in [-0.25, -0.2) is 4.57 Å². The summed E-state index contributed by atoms with van der Waals surface area (Å²) in [6.45, 7) is 0.684. The van der Waals surface area contributed by atoms with Gasteiger partial charge in [0.25, 0.3) is 0 Å². The van der Waals surface area contributed by atoms with Crippen molar-refractivity contribution in [1.82, 2.24) is 0 Å². The third-order valence-corrected chi connectivity index (χ3v) is 0.387. The van der Waals surface area contributed by atoms with Gasteiger partial charge >= 0.3 is 37.4 Å². The summed E-state index contributed by atoms with van der Waals surface area (Å²) in [5.74, 6) is 0.792. The predicted molar refractivity (Wildman–Crippen MR) is 37.2 cm³/mol. The third kappa shape index (κ3) is 114. The van der Waals surface area contributed by atoms with Crippen molar-refractivity contribution in [2.24, 2.45) is 5.73 Å². The molecule has 0 bridgehead atoms. The van der Waals surface area contributed by atoms with E-state index in [4.69, 9.17) is 25.0 Å². The van der Waals surface area contributed by atoms with Crippen LogP contribution in [0, 0.1) is 0 Å². The minimum absolute atomic E-state index is 0. The van der Waals surface area contributed by atoms with Crippen molar-refractivity contribution in [3.8, 4) is 0 Å². The number of nitrogens with two attached hydrogens (primary N) is 1. The van der Waals surface area contributed by atoms with Gasteiger partial charge in [-0.3, -0.25) is 0 Å². The maximum absolute atomic E-state index is 8.88. The Kier molecular flexibility index (Phi) is 18.2. The Morgan fingerprint density at radius 1 is 1.40 bits per heavy atom. The van der Waals surface area contributed by atoms with E-state index in [2.05, 4.69) is 12.6 Å². The minimum Gasteiger partial charge on any atom is -0.330 e. The largest absolute Gasteiger partial charge is 1.00 e. The van der Waals surface area contributed by atoms with Crippen LogP contribution in [0.25, 0.3) is 0 Å². The zero-order chi connectivity index (χ0) is 7.91. The molecule has 0 spiro atoms. The van der Waals surface area contributed by atoms with Crippen LogP contribution < -0.4 is 35.3 Å². The van der Waals surface area contributed by atoms with Crippen molar-refractivity contribution >= 4 is 20.5 Å². The fourth-order valence-corrected chi connectivity index (χ4v) is 0. The third-order valence-electron chi connectivity index (χ3n) is 0.129. The molecule has 0 unspecified atom stereocenters. The smallest absolute Gasteiger partial charge is 0.330 e. The Bertz CT molecular complexity index is 87.0. The molecule has 0 aromatic rings. The van der Waals surface area contributed by atoms with Gasteiger partial charge in [-0.05, 0) is 0 Å². The minimum atomic E-state index is -4.64. The standard InChI is InChI=1S/C2H7NS.Na.H3O4P/c3-1-2-4;;1-5(2,3)4/h4H,1-3H2;;(H3,1,2,3,4)/q;+1;. The van der Waals surface area contributed by atoms with Gasteiger partial charge in [-0.1, -0.05) is 0 Å². The van der Waals surface area contributed by atoms with E-state index in [-0.39, 0.29) is 29.6 Å². The molecular formula is C2H10NNaO4PS+. The van der Waals surface area contributed by atoms with Crippen LogP contribution >= 0.6 is 20.5 Å². The second-order valence-corrected chi connectivity index (χ2v) is 2.50. The van der Waals surface area contributed by atoms with E-state index >= 15 is 0 Å². The van der Waals surface area contributed by atoms with E-state index in [1.165, 1.54) is 0 Å². The molecule has 10 heavy (non-hydrogen) atoms. The average Bonchev–Trinajstić information content (AvgIpc) is 1.61. The van der Waals surface area contributed by atoms with Crippen molar-refractivity contribution in [3.63, 3.8) is 0 Å². The number of hydrogen-bond donors (Lipinski definition) is 5. The van der Waals surface area contributed by atoms with Crippen LogP contribution in [-0.4, -0.2) is 27.0 Å². The van der Waals surface area contributed by atoms with E-state index in [1.807, 2.05) is 0 Å². The molecule has 5 N–H and O–H groups in total. The van der Waals surface area contributed by atoms with Crippen molar-refractivity contribution in [3.05, 3.63) is 0 Å². The summed E-state index contributed by atoms with van der Waals surface area (Å²) in [6, 6.07) is 0. The van der Waals surface area contributed by atoms with Crippen LogP contribution in [0.4, 0.5) is 0 Å². The van der Waals surface area contributed by atoms with Crippen LogP contribution in [0.3, 0.4) is 0 Å². The first-order chi connectivity index (χ1) is 3.91. The van der Waals surface area contributed by atoms with Crippen molar-refractivity contribution in [2.45, 2.75) is 0 Å². The molecule has 0 fully saturated rings. The second kappa shape index (κ2) is 10.4. The van der Waals surface area contributed by atoms with Crippen LogP contribution in [0.2, 0.25) is 0 Å². The van der Waals surface area contributed by atoms with Gasteiger partial charge in [-0.2, -0.15) is 12.6 Å². The van der Waals surface area contributed by atoms with E-state index in [0.717, 1.165) is 5.75 Å². The molecule has 0 saturated heterocycles. The topological polar surface area (TPSA) is 104 Å². The Hall–Kier alpha value is 1.42. The van der Waals surface area contributed by atoms with Gasteiger partial charge in [0.05, 0.1) is 0 Å². The van der Waals surface area contributed by atoms with Gasteiger partial charge in [0.1, 0.15) is 0 Å². The molecule has 0 heterocycles. The van der Waals surface area contributed by atoms with Crippen molar-refractivity contribution < 1.29 is 48.8 Å². The summed E-state index contributed by atoms with van der Waals surface area (Å²) in [5.41, 5.74) is 4.95. The molecule has 8 heteroatoms. The molecule has 0 radical (unpaired) electrons. The molecule has 58 valence electrons. The molecule has 5 nitrogen and oxygen atoms in total. The summed E-state index contributed by atoms with van der Waals surface area (Å²) < 4.78 is 8.88. The van der Waals surface area contributed by atoms with Gasteiger partial charge in [0.15, 0.2) is 0 Å². The fraction of sp³-hybridized carbons (Fsp3) is 1.00. The van der Waals surface area contributed by atoms with Crippen molar-refractivity contribution in [1.29, 1.82) is 0 Å². The molecule has 0 aromatic carbocycles. The Labute approximate surface area is 87.0 Å². The van der Waals surface area contributed by atoms with Gasteiger partial charge in [0.2, 0.25) is 0 Å². The summed E-state index contributed by atoms with van der Waals surface area (Å²) >= 11 is 3.80. The average molecular weight is 198 g/mol. The predicted octanol–water partition coefficient (Wildman–Crippen LogP) is -4.05. The normalized spacial score (nSPS) is 8.90. The molecular weight excluding hydrogens is 188 g/mol. The summed E-state index contributed by atoms with van der Waals surface area (Å²) in [7, 11) is -4.64. The number of rotatable bonds is 1. The van der Waals surface area contributed by atoms with Crippen LogP contribution in [0.5, 0.6) is 0 Å². The molecule has 0 aliphatic heterocycles.